The van der Waals surface area contributed by atoms with Crippen LogP contribution in [0.4, 0.5) is 5.69 Å². The van der Waals surface area contributed by atoms with E-state index in [1.807, 2.05) is 69.3 Å². The lowest BCUT2D eigenvalue weighted by molar-refractivity contribution is -0.112. The molecule has 0 heterocycles. The molecular formula is C20H25NO3. The number of ether oxygens (including phenoxy) is 2. The standard InChI is InChI=1S/C20H25NO3/c1-5-24-18(23-4)14-21(19-15(2)10-9-11-16(19)3)20(22)17-12-7-6-8-13-17/h6-13,18H,5,14H2,1-4H3. The lowest BCUT2D eigenvalue weighted by Crippen LogP contribution is -2.40. The highest BCUT2D eigenvalue weighted by Gasteiger charge is 2.24. The molecule has 0 aromatic heterocycles. The average Bonchev–Trinajstić information content (AvgIpc) is 2.60. The summed E-state index contributed by atoms with van der Waals surface area (Å²) in [7, 11) is 1.59. The quantitative estimate of drug-likeness (QED) is 0.723. The molecule has 24 heavy (non-hydrogen) atoms. The SMILES string of the molecule is CCOC(CN(C(=O)c1ccccc1)c1c(C)cccc1C)OC. The largest absolute Gasteiger partial charge is 0.354 e. The first kappa shape index (κ1) is 18.2. The van der Waals surface area contributed by atoms with Crippen LogP contribution in [-0.4, -0.2) is 32.5 Å². The van der Waals surface area contributed by atoms with Gasteiger partial charge in [-0.1, -0.05) is 36.4 Å². The average molecular weight is 327 g/mol. The summed E-state index contributed by atoms with van der Waals surface area (Å²) in [6, 6.07) is 15.3. The van der Waals surface area contributed by atoms with Crippen molar-refractivity contribution in [3.05, 3.63) is 65.2 Å². The van der Waals surface area contributed by atoms with E-state index in [9.17, 15) is 4.79 Å². The van der Waals surface area contributed by atoms with Crippen molar-refractivity contribution in [3.63, 3.8) is 0 Å². The van der Waals surface area contributed by atoms with E-state index in [-0.39, 0.29) is 5.91 Å². The van der Waals surface area contributed by atoms with Gasteiger partial charge in [-0.15, -0.1) is 0 Å². The summed E-state index contributed by atoms with van der Waals surface area (Å²) in [6.45, 7) is 6.79. The van der Waals surface area contributed by atoms with Gasteiger partial charge in [-0.25, -0.2) is 0 Å². The molecule has 2 aromatic rings. The summed E-state index contributed by atoms with van der Waals surface area (Å²) in [5, 5.41) is 0. The molecule has 1 atom stereocenters. The summed E-state index contributed by atoms with van der Waals surface area (Å²) < 4.78 is 11.0. The second kappa shape index (κ2) is 8.62. The Labute approximate surface area is 144 Å². The summed E-state index contributed by atoms with van der Waals surface area (Å²) in [5.41, 5.74) is 3.65. The third-order valence-corrected chi connectivity index (χ3v) is 3.92. The number of para-hydroxylation sites is 1. The predicted molar refractivity (Wildman–Crippen MR) is 96.5 cm³/mol. The van der Waals surface area contributed by atoms with E-state index in [4.69, 9.17) is 9.47 Å². The molecule has 0 saturated carbocycles. The van der Waals surface area contributed by atoms with E-state index in [2.05, 4.69) is 0 Å². The van der Waals surface area contributed by atoms with Gasteiger partial charge in [0, 0.05) is 25.0 Å². The zero-order valence-corrected chi connectivity index (χ0v) is 14.8. The van der Waals surface area contributed by atoms with E-state index in [1.165, 1.54) is 0 Å². The predicted octanol–water partition coefficient (Wildman–Crippen LogP) is 3.96. The molecule has 0 bridgehead atoms. The van der Waals surface area contributed by atoms with Crippen molar-refractivity contribution in [2.75, 3.05) is 25.2 Å². The summed E-state index contributed by atoms with van der Waals surface area (Å²) >= 11 is 0. The van der Waals surface area contributed by atoms with Gasteiger partial charge in [0.25, 0.3) is 5.91 Å². The smallest absolute Gasteiger partial charge is 0.258 e. The number of benzene rings is 2. The fourth-order valence-electron chi connectivity index (χ4n) is 2.77. The summed E-state index contributed by atoms with van der Waals surface area (Å²) in [6.07, 6.45) is -0.471. The lowest BCUT2D eigenvalue weighted by atomic mass is 10.1. The molecule has 0 fully saturated rings. The minimum atomic E-state index is -0.471. The van der Waals surface area contributed by atoms with E-state index in [1.54, 1.807) is 12.0 Å². The Morgan fingerprint density at radius 2 is 1.67 bits per heavy atom. The molecule has 0 spiro atoms. The van der Waals surface area contributed by atoms with Crippen LogP contribution in [0.1, 0.15) is 28.4 Å². The van der Waals surface area contributed by atoms with Gasteiger partial charge in [0.15, 0.2) is 6.29 Å². The highest BCUT2D eigenvalue weighted by Crippen LogP contribution is 2.27. The maximum Gasteiger partial charge on any atom is 0.258 e. The van der Waals surface area contributed by atoms with Crippen LogP contribution in [0.15, 0.2) is 48.5 Å². The Morgan fingerprint density at radius 1 is 1.04 bits per heavy atom. The van der Waals surface area contributed by atoms with Crippen LogP contribution < -0.4 is 4.90 Å². The van der Waals surface area contributed by atoms with Gasteiger partial charge in [0.05, 0.1) is 6.54 Å². The van der Waals surface area contributed by atoms with Crippen molar-refractivity contribution < 1.29 is 14.3 Å². The van der Waals surface area contributed by atoms with E-state index in [0.717, 1.165) is 16.8 Å². The maximum atomic E-state index is 13.1. The van der Waals surface area contributed by atoms with Gasteiger partial charge >= 0.3 is 0 Å². The molecule has 2 aromatic carbocycles. The Bertz CT molecular complexity index is 650. The Hall–Kier alpha value is -2.17. The lowest BCUT2D eigenvalue weighted by Gasteiger charge is -2.29. The maximum absolute atomic E-state index is 13.1. The normalized spacial score (nSPS) is 12.0. The van der Waals surface area contributed by atoms with Crippen molar-refractivity contribution in [2.24, 2.45) is 0 Å². The Morgan fingerprint density at radius 3 is 2.21 bits per heavy atom. The second-order valence-corrected chi connectivity index (χ2v) is 5.64. The van der Waals surface area contributed by atoms with Crippen molar-refractivity contribution in [1.29, 1.82) is 0 Å². The Balaban J connectivity index is 2.43. The van der Waals surface area contributed by atoms with Crippen molar-refractivity contribution in [3.8, 4) is 0 Å². The topological polar surface area (TPSA) is 38.8 Å². The van der Waals surface area contributed by atoms with Crippen LogP contribution in [0.5, 0.6) is 0 Å². The molecular weight excluding hydrogens is 302 g/mol. The van der Waals surface area contributed by atoms with Crippen molar-refractivity contribution in [1.82, 2.24) is 0 Å². The highest BCUT2D eigenvalue weighted by atomic mass is 16.7. The van der Waals surface area contributed by atoms with Crippen molar-refractivity contribution in [2.45, 2.75) is 27.1 Å². The van der Waals surface area contributed by atoms with Crippen LogP contribution in [-0.2, 0) is 9.47 Å². The summed E-state index contributed by atoms with van der Waals surface area (Å²) in [5.74, 6) is -0.0604. The number of amides is 1. The molecule has 0 aliphatic carbocycles. The van der Waals surface area contributed by atoms with Crippen LogP contribution in [0.2, 0.25) is 0 Å². The van der Waals surface area contributed by atoms with E-state index >= 15 is 0 Å². The van der Waals surface area contributed by atoms with Crippen LogP contribution in [0, 0.1) is 13.8 Å². The minimum absolute atomic E-state index is 0.0604. The zero-order chi connectivity index (χ0) is 17.5. The molecule has 0 saturated heterocycles. The van der Waals surface area contributed by atoms with Gasteiger partial charge in [0.2, 0.25) is 0 Å². The van der Waals surface area contributed by atoms with Crippen molar-refractivity contribution >= 4 is 11.6 Å². The van der Waals surface area contributed by atoms with Crippen LogP contribution in [0.3, 0.4) is 0 Å². The number of rotatable bonds is 7. The van der Waals surface area contributed by atoms with Gasteiger partial charge in [-0.05, 0) is 44.0 Å². The number of nitrogens with zero attached hydrogens (tertiary/aromatic N) is 1. The first-order valence-electron chi connectivity index (χ1n) is 8.16. The third-order valence-electron chi connectivity index (χ3n) is 3.92. The molecule has 1 amide bonds. The van der Waals surface area contributed by atoms with E-state index in [0.29, 0.717) is 18.7 Å². The second-order valence-electron chi connectivity index (χ2n) is 5.64. The fourth-order valence-corrected chi connectivity index (χ4v) is 2.77. The molecule has 2 rings (SSSR count). The first-order valence-corrected chi connectivity index (χ1v) is 8.16. The number of hydrogen-bond donors (Lipinski definition) is 0. The number of anilines is 1. The van der Waals surface area contributed by atoms with Gasteiger partial charge in [-0.3, -0.25) is 4.79 Å². The van der Waals surface area contributed by atoms with E-state index < -0.39 is 6.29 Å². The third kappa shape index (κ3) is 4.22. The summed E-state index contributed by atoms with van der Waals surface area (Å²) in [4.78, 5) is 14.9. The molecule has 1 unspecified atom stereocenters. The highest BCUT2D eigenvalue weighted by molar-refractivity contribution is 6.06. The molecule has 128 valence electrons. The first-order chi connectivity index (χ1) is 11.6. The number of aryl methyl sites for hydroxylation is 2. The molecule has 4 heteroatoms. The number of carbonyl (C=O) groups is 1. The molecule has 0 N–H and O–H groups in total. The van der Waals surface area contributed by atoms with Crippen LogP contribution >= 0.6 is 0 Å². The van der Waals surface area contributed by atoms with Gasteiger partial charge in [0.1, 0.15) is 0 Å². The minimum Gasteiger partial charge on any atom is -0.354 e. The number of carbonyl (C=O) groups excluding carboxylic acids is 1. The monoisotopic (exact) mass is 327 g/mol. The molecule has 0 radical (unpaired) electrons. The molecule has 4 nitrogen and oxygen atoms in total. The molecule has 0 aliphatic rings. The van der Waals surface area contributed by atoms with Gasteiger partial charge in [-0.2, -0.15) is 0 Å². The fraction of sp³-hybridized carbons (Fsp3) is 0.350. The van der Waals surface area contributed by atoms with Gasteiger partial charge < -0.3 is 14.4 Å². The zero-order valence-electron chi connectivity index (χ0n) is 14.8. The van der Waals surface area contributed by atoms with Crippen LogP contribution in [0.25, 0.3) is 0 Å². The number of methoxy groups -OCH3 is 1. The Kier molecular flexibility index (Phi) is 6.53. The number of hydrogen-bond acceptors (Lipinski definition) is 3. The molecule has 0 aliphatic heterocycles.